The van der Waals surface area contributed by atoms with Gasteiger partial charge in [-0.25, -0.2) is 15.0 Å². The predicted molar refractivity (Wildman–Crippen MR) is 182 cm³/mol. The third-order valence-corrected chi connectivity index (χ3v) is 9.41. The van der Waals surface area contributed by atoms with Crippen LogP contribution >= 0.6 is 23.5 Å². The Hall–Kier alpha value is -5.31. The van der Waals surface area contributed by atoms with Crippen molar-refractivity contribution >= 4 is 45.3 Å². The quantitative estimate of drug-likeness (QED) is 0.177. The van der Waals surface area contributed by atoms with Gasteiger partial charge >= 0.3 is 0 Å². The summed E-state index contributed by atoms with van der Waals surface area (Å²) < 4.78 is 2.13. The van der Waals surface area contributed by atoms with Crippen molar-refractivity contribution in [2.24, 2.45) is 0 Å². The maximum absolute atomic E-state index is 4.55. The van der Waals surface area contributed by atoms with Crippen LogP contribution in [0.25, 0.3) is 50.3 Å². The maximum atomic E-state index is 4.55. The molecule has 4 aromatic carbocycles. The van der Waals surface area contributed by atoms with Gasteiger partial charge in [0.05, 0.1) is 22.4 Å². The van der Waals surface area contributed by atoms with Gasteiger partial charge in [0, 0.05) is 53.9 Å². The van der Waals surface area contributed by atoms with Crippen molar-refractivity contribution in [1.29, 1.82) is 0 Å². The Morgan fingerprint density at radius 3 is 1.44 bits per heavy atom. The summed E-state index contributed by atoms with van der Waals surface area (Å²) >= 11 is 3.45. The van der Waals surface area contributed by atoms with E-state index in [0.29, 0.717) is 5.95 Å². The molecule has 0 aliphatic rings. The van der Waals surface area contributed by atoms with Crippen LogP contribution in [0.2, 0.25) is 0 Å². The Morgan fingerprint density at radius 2 is 0.956 bits per heavy atom. The van der Waals surface area contributed by atoms with Gasteiger partial charge in [-0.1, -0.05) is 72.1 Å². The molecule has 0 fully saturated rings. The molecular weight excluding hydrogens is 593 g/mol. The second-order valence-electron chi connectivity index (χ2n) is 10.3. The summed E-state index contributed by atoms with van der Waals surface area (Å²) in [4.78, 5) is 26.8. The van der Waals surface area contributed by atoms with Crippen LogP contribution in [0.15, 0.2) is 166 Å². The Kier molecular flexibility index (Phi) is 7.26. The van der Waals surface area contributed by atoms with Crippen molar-refractivity contribution in [1.82, 2.24) is 29.5 Å². The molecule has 0 aliphatic carbocycles. The molecule has 0 bridgehead atoms. The Labute approximate surface area is 268 Å². The number of pyridine rings is 2. The fraction of sp³-hybridized carbons (Fsp3) is 0. The van der Waals surface area contributed by atoms with E-state index in [0.717, 1.165) is 63.9 Å². The zero-order valence-corrected chi connectivity index (χ0v) is 25.5. The van der Waals surface area contributed by atoms with Gasteiger partial charge in [-0.2, -0.15) is 0 Å². The summed E-state index contributed by atoms with van der Waals surface area (Å²) in [5, 5.41) is 2.29. The lowest BCUT2D eigenvalue weighted by Crippen LogP contribution is -2.00. The molecule has 45 heavy (non-hydrogen) atoms. The molecule has 0 radical (unpaired) electrons. The zero-order chi connectivity index (χ0) is 30.0. The molecule has 0 amide bonds. The second-order valence-corrected chi connectivity index (χ2v) is 12.6. The highest BCUT2D eigenvalue weighted by molar-refractivity contribution is 7.99. The van der Waals surface area contributed by atoms with Crippen LogP contribution in [-0.2, 0) is 0 Å². The SMILES string of the molecule is c1ccc(-c2cccc(Sc3ccc4c5ccc(Sc6cccc(-c7ccccn7)c6)cc5n(-c5ncncn5)c4c3)c2)nc1. The lowest BCUT2D eigenvalue weighted by Gasteiger charge is -2.08. The number of fused-ring (bicyclic) bond motifs is 3. The second kappa shape index (κ2) is 12.0. The summed E-state index contributed by atoms with van der Waals surface area (Å²) in [5.41, 5.74) is 6.20. The minimum Gasteiger partial charge on any atom is -0.278 e. The van der Waals surface area contributed by atoms with E-state index in [-0.39, 0.29) is 0 Å². The fourth-order valence-corrected chi connectivity index (χ4v) is 7.27. The first-order valence-electron chi connectivity index (χ1n) is 14.4. The molecule has 0 saturated carbocycles. The molecule has 0 N–H and O–H groups in total. The van der Waals surface area contributed by atoms with Crippen LogP contribution in [0.1, 0.15) is 0 Å². The van der Waals surface area contributed by atoms with Crippen molar-refractivity contribution in [3.63, 3.8) is 0 Å². The molecule has 0 saturated heterocycles. The van der Waals surface area contributed by atoms with E-state index in [1.165, 1.54) is 0 Å². The third-order valence-electron chi connectivity index (χ3n) is 7.45. The lowest BCUT2D eigenvalue weighted by molar-refractivity contribution is 0.938. The van der Waals surface area contributed by atoms with E-state index in [4.69, 9.17) is 0 Å². The molecular formula is C37H24N6S2. The van der Waals surface area contributed by atoms with Gasteiger partial charge in [0.25, 0.3) is 0 Å². The standard InChI is InChI=1S/C37H24N6S2/c1-3-17-39-33(11-1)25-7-5-9-27(19-25)44-29-13-15-31-32-16-14-30(22-36(32)43(35(31)21-29)37-41-23-38-24-42-37)45-28-10-6-8-26(20-28)34-12-2-4-18-40-34/h1-24H. The van der Waals surface area contributed by atoms with Crippen molar-refractivity contribution in [3.8, 4) is 28.5 Å². The normalized spacial score (nSPS) is 11.3. The van der Waals surface area contributed by atoms with E-state index in [1.807, 2.05) is 48.8 Å². The highest BCUT2D eigenvalue weighted by Crippen LogP contribution is 2.39. The average molecular weight is 617 g/mol. The first kappa shape index (κ1) is 27.3. The molecule has 0 aliphatic heterocycles. The highest BCUT2D eigenvalue weighted by atomic mass is 32.2. The molecule has 8 aromatic rings. The first-order chi connectivity index (χ1) is 22.3. The van der Waals surface area contributed by atoms with Gasteiger partial charge in [0.2, 0.25) is 5.95 Å². The van der Waals surface area contributed by atoms with E-state index in [9.17, 15) is 0 Å². The van der Waals surface area contributed by atoms with Gasteiger partial charge in [-0.05, 0) is 72.8 Å². The van der Waals surface area contributed by atoms with Crippen molar-refractivity contribution in [3.05, 3.63) is 146 Å². The minimum atomic E-state index is 0.587. The molecule has 0 atom stereocenters. The topological polar surface area (TPSA) is 69.4 Å². The smallest absolute Gasteiger partial charge is 0.237 e. The molecule has 8 heteroatoms. The highest BCUT2D eigenvalue weighted by Gasteiger charge is 2.16. The zero-order valence-electron chi connectivity index (χ0n) is 23.9. The number of hydrogen-bond acceptors (Lipinski definition) is 7. The van der Waals surface area contributed by atoms with Gasteiger partial charge < -0.3 is 0 Å². The van der Waals surface area contributed by atoms with Crippen LogP contribution in [0.4, 0.5) is 0 Å². The largest absolute Gasteiger partial charge is 0.278 e. The van der Waals surface area contributed by atoms with Gasteiger partial charge in [0.15, 0.2) is 0 Å². The Balaban J connectivity index is 1.19. The van der Waals surface area contributed by atoms with Crippen LogP contribution in [0.5, 0.6) is 0 Å². The molecule has 4 heterocycles. The van der Waals surface area contributed by atoms with Crippen molar-refractivity contribution < 1.29 is 0 Å². The van der Waals surface area contributed by atoms with Gasteiger partial charge in [-0.15, -0.1) is 0 Å². The molecule has 6 nitrogen and oxygen atoms in total. The number of nitrogens with zero attached hydrogens (tertiary/aromatic N) is 6. The molecule has 8 rings (SSSR count). The third kappa shape index (κ3) is 5.57. The molecule has 0 spiro atoms. The molecule has 4 aromatic heterocycles. The molecule has 0 unspecified atom stereocenters. The molecule has 214 valence electrons. The van der Waals surface area contributed by atoms with Gasteiger partial charge in [-0.3, -0.25) is 14.5 Å². The van der Waals surface area contributed by atoms with E-state index in [2.05, 4.69) is 114 Å². The monoisotopic (exact) mass is 616 g/mol. The van der Waals surface area contributed by atoms with E-state index < -0.39 is 0 Å². The van der Waals surface area contributed by atoms with Crippen LogP contribution < -0.4 is 0 Å². The predicted octanol–water partition coefficient (Wildman–Crippen LogP) is 9.40. The minimum absolute atomic E-state index is 0.587. The van der Waals surface area contributed by atoms with Crippen molar-refractivity contribution in [2.45, 2.75) is 19.6 Å². The fourth-order valence-electron chi connectivity index (χ4n) is 5.45. The van der Waals surface area contributed by atoms with Crippen LogP contribution in [0, 0.1) is 0 Å². The number of rotatable bonds is 7. The average Bonchev–Trinajstić information content (AvgIpc) is 3.42. The number of hydrogen-bond donors (Lipinski definition) is 0. The summed E-state index contributed by atoms with van der Waals surface area (Å²) in [7, 11) is 0. The van der Waals surface area contributed by atoms with E-state index in [1.54, 1.807) is 36.2 Å². The summed E-state index contributed by atoms with van der Waals surface area (Å²) in [5.74, 6) is 0.587. The Bertz CT molecular complexity index is 2130. The summed E-state index contributed by atoms with van der Waals surface area (Å²) in [6.07, 6.45) is 6.74. The summed E-state index contributed by atoms with van der Waals surface area (Å²) in [6.45, 7) is 0. The summed E-state index contributed by atoms with van der Waals surface area (Å²) in [6, 6.07) is 42.2. The first-order valence-corrected chi connectivity index (χ1v) is 16.0. The van der Waals surface area contributed by atoms with Crippen LogP contribution in [0.3, 0.4) is 0 Å². The number of benzene rings is 4. The lowest BCUT2D eigenvalue weighted by atomic mass is 10.1. The van der Waals surface area contributed by atoms with Gasteiger partial charge in [0.1, 0.15) is 12.7 Å². The number of aromatic nitrogens is 6. The Morgan fingerprint density at radius 1 is 0.444 bits per heavy atom. The van der Waals surface area contributed by atoms with Crippen LogP contribution in [-0.4, -0.2) is 29.5 Å². The van der Waals surface area contributed by atoms with E-state index >= 15 is 0 Å². The maximum Gasteiger partial charge on any atom is 0.237 e. The van der Waals surface area contributed by atoms with Crippen molar-refractivity contribution in [2.75, 3.05) is 0 Å².